The summed E-state index contributed by atoms with van der Waals surface area (Å²) < 4.78 is 0. The first-order chi connectivity index (χ1) is 10.7. The number of carbonyl (C=O) groups excluding carboxylic acids is 1. The first-order valence-electron chi connectivity index (χ1n) is 6.68. The number of halogens is 1. The van der Waals surface area contributed by atoms with Gasteiger partial charge in [-0.25, -0.2) is 0 Å². The number of hydrogen-bond acceptors (Lipinski definition) is 3. The minimum absolute atomic E-state index is 0.0227. The fourth-order valence-corrected chi connectivity index (χ4v) is 2.45. The molecule has 0 unspecified atom stereocenters. The second kappa shape index (κ2) is 5.95. The van der Waals surface area contributed by atoms with E-state index in [1.165, 1.54) is 0 Å². The van der Waals surface area contributed by atoms with Crippen LogP contribution in [0.15, 0.2) is 60.7 Å². The third-order valence-corrected chi connectivity index (χ3v) is 3.60. The molecule has 3 rings (SSSR count). The largest absolute Gasteiger partial charge is 0.505 e. The van der Waals surface area contributed by atoms with Crippen molar-refractivity contribution in [2.24, 2.45) is 0 Å². The number of nitrogens with one attached hydrogen (secondary N) is 2. The van der Waals surface area contributed by atoms with Crippen molar-refractivity contribution in [1.29, 1.82) is 0 Å². The lowest BCUT2D eigenvalue weighted by Gasteiger charge is -2.14. The van der Waals surface area contributed by atoms with E-state index >= 15 is 0 Å². The minimum atomic E-state index is -0.320. The molecule has 1 amide bonds. The SMILES string of the molecule is O=C(Nc1c(NCl)cc2ccccc2c1O)c1ccccc1. The molecule has 0 aromatic heterocycles. The average Bonchev–Trinajstić information content (AvgIpc) is 2.58. The molecular weight excluding hydrogens is 300 g/mol. The highest BCUT2D eigenvalue weighted by molar-refractivity contribution is 6.26. The number of amides is 1. The number of anilines is 2. The van der Waals surface area contributed by atoms with Crippen molar-refractivity contribution in [3.8, 4) is 5.75 Å². The van der Waals surface area contributed by atoms with Crippen LogP contribution in [0.1, 0.15) is 10.4 Å². The Kier molecular flexibility index (Phi) is 3.85. The molecule has 5 heteroatoms. The third kappa shape index (κ3) is 2.56. The maximum atomic E-state index is 12.3. The van der Waals surface area contributed by atoms with Crippen LogP contribution in [0, 0.1) is 0 Å². The van der Waals surface area contributed by atoms with E-state index in [9.17, 15) is 9.90 Å². The number of benzene rings is 3. The summed E-state index contributed by atoms with van der Waals surface area (Å²) in [6.07, 6.45) is 0. The van der Waals surface area contributed by atoms with E-state index in [0.29, 0.717) is 16.6 Å². The molecule has 0 fully saturated rings. The monoisotopic (exact) mass is 312 g/mol. The molecule has 3 aromatic carbocycles. The second-order valence-corrected chi connectivity index (χ2v) is 4.97. The van der Waals surface area contributed by atoms with Crippen LogP contribution in [0.25, 0.3) is 10.8 Å². The molecule has 0 heterocycles. The number of phenolic OH excluding ortho intramolecular Hbond substituents is 1. The van der Waals surface area contributed by atoms with Crippen LogP contribution in [0.5, 0.6) is 5.75 Å². The molecule has 0 bridgehead atoms. The molecule has 4 nitrogen and oxygen atoms in total. The molecule has 3 aromatic rings. The Hall–Kier alpha value is -2.72. The summed E-state index contributed by atoms with van der Waals surface area (Å²) in [6, 6.07) is 17.9. The summed E-state index contributed by atoms with van der Waals surface area (Å²) in [5.41, 5.74) is 1.18. The number of fused-ring (bicyclic) bond motifs is 1. The highest BCUT2D eigenvalue weighted by Gasteiger charge is 2.15. The van der Waals surface area contributed by atoms with E-state index in [2.05, 4.69) is 10.2 Å². The zero-order valence-electron chi connectivity index (χ0n) is 11.5. The third-order valence-electron chi connectivity index (χ3n) is 3.40. The molecule has 0 radical (unpaired) electrons. The molecule has 110 valence electrons. The van der Waals surface area contributed by atoms with Gasteiger partial charge in [0.15, 0.2) is 0 Å². The lowest BCUT2D eigenvalue weighted by Crippen LogP contribution is -2.12. The fourth-order valence-electron chi connectivity index (χ4n) is 2.30. The van der Waals surface area contributed by atoms with Crippen LogP contribution >= 0.6 is 11.8 Å². The van der Waals surface area contributed by atoms with E-state index < -0.39 is 0 Å². The molecule has 22 heavy (non-hydrogen) atoms. The van der Waals surface area contributed by atoms with Gasteiger partial charge in [0.05, 0.1) is 5.69 Å². The topological polar surface area (TPSA) is 61.4 Å². The lowest BCUT2D eigenvalue weighted by atomic mass is 10.1. The average molecular weight is 313 g/mol. The summed E-state index contributed by atoms with van der Waals surface area (Å²) in [7, 11) is 0. The summed E-state index contributed by atoms with van der Waals surface area (Å²) >= 11 is 5.72. The summed E-state index contributed by atoms with van der Waals surface area (Å²) in [6.45, 7) is 0. The van der Waals surface area contributed by atoms with Gasteiger partial charge >= 0.3 is 0 Å². The smallest absolute Gasteiger partial charge is 0.255 e. The zero-order chi connectivity index (χ0) is 15.5. The van der Waals surface area contributed by atoms with Crippen LogP contribution in [0.2, 0.25) is 0 Å². The van der Waals surface area contributed by atoms with Gasteiger partial charge in [-0.15, -0.1) is 0 Å². The summed E-state index contributed by atoms with van der Waals surface area (Å²) in [4.78, 5) is 14.8. The van der Waals surface area contributed by atoms with E-state index in [0.717, 1.165) is 5.39 Å². The normalized spacial score (nSPS) is 10.4. The van der Waals surface area contributed by atoms with Gasteiger partial charge in [0.25, 0.3) is 5.91 Å². The Bertz CT molecular complexity index is 835. The number of rotatable bonds is 3. The van der Waals surface area contributed by atoms with Crippen molar-refractivity contribution in [2.75, 3.05) is 10.2 Å². The molecule has 0 atom stereocenters. The molecule has 0 aliphatic rings. The van der Waals surface area contributed by atoms with Gasteiger partial charge in [-0.1, -0.05) is 42.5 Å². The van der Waals surface area contributed by atoms with Gasteiger partial charge in [-0.05, 0) is 23.6 Å². The van der Waals surface area contributed by atoms with Gasteiger partial charge in [0.1, 0.15) is 11.4 Å². The predicted octanol–water partition coefficient (Wildman–Crippen LogP) is 4.36. The van der Waals surface area contributed by atoms with E-state index in [4.69, 9.17) is 11.8 Å². The number of carbonyl (C=O) groups is 1. The summed E-state index contributed by atoms with van der Waals surface area (Å²) in [5, 5.41) is 14.6. The van der Waals surface area contributed by atoms with Gasteiger partial charge < -0.3 is 10.4 Å². The van der Waals surface area contributed by atoms with Gasteiger partial charge in [-0.3, -0.25) is 9.63 Å². The first-order valence-corrected chi connectivity index (χ1v) is 7.06. The Morgan fingerprint density at radius 2 is 1.68 bits per heavy atom. The Labute approximate surface area is 132 Å². The predicted molar refractivity (Wildman–Crippen MR) is 89.5 cm³/mol. The second-order valence-electron chi connectivity index (χ2n) is 4.78. The van der Waals surface area contributed by atoms with Crippen molar-refractivity contribution in [3.63, 3.8) is 0 Å². The Morgan fingerprint density at radius 1 is 1.00 bits per heavy atom. The van der Waals surface area contributed by atoms with Crippen LogP contribution in [0.4, 0.5) is 11.4 Å². The molecule has 0 aliphatic carbocycles. The number of aromatic hydroxyl groups is 1. The highest BCUT2D eigenvalue weighted by Crippen LogP contribution is 2.39. The van der Waals surface area contributed by atoms with Crippen LogP contribution in [-0.2, 0) is 0 Å². The van der Waals surface area contributed by atoms with E-state index in [1.54, 1.807) is 36.4 Å². The number of phenols is 1. The quantitative estimate of drug-likeness (QED) is 0.497. The summed E-state index contributed by atoms with van der Waals surface area (Å²) in [5.74, 6) is -0.343. The maximum Gasteiger partial charge on any atom is 0.255 e. The van der Waals surface area contributed by atoms with E-state index in [-0.39, 0.29) is 17.3 Å². The molecule has 0 saturated carbocycles. The molecule has 0 saturated heterocycles. The van der Waals surface area contributed by atoms with Crippen LogP contribution < -0.4 is 10.2 Å². The first kappa shape index (κ1) is 14.2. The van der Waals surface area contributed by atoms with E-state index in [1.807, 2.05) is 24.3 Å². The molecular formula is C17H13ClN2O2. The minimum Gasteiger partial charge on any atom is -0.505 e. The standard InChI is InChI=1S/C17H13ClN2O2/c18-20-14-10-12-8-4-5-9-13(12)16(21)15(14)19-17(22)11-6-2-1-3-7-11/h1-10,20-21H,(H,19,22). The van der Waals surface area contributed by atoms with Gasteiger partial charge in [0, 0.05) is 22.7 Å². The molecule has 3 N–H and O–H groups in total. The number of hydrogen-bond donors (Lipinski definition) is 3. The van der Waals surface area contributed by atoms with Gasteiger partial charge in [0.2, 0.25) is 0 Å². The Balaban J connectivity index is 2.06. The van der Waals surface area contributed by atoms with Crippen molar-refractivity contribution < 1.29 is 9.90 Å². The lowest BCUT2D eigenvalue weighted by molar-refractivity contribution is 0.102. The van der Waals surface area contributed by atoms with Crippen LogP contribution in [0.3, 0.4) is 0 Å². The maximum absolute atomic E-state index is 12.3. The van der Waals surface area contributed by atoms with Crippen molar-refractivity contribution in [1.82, 2.24) is 0 Å². The molecule has 0 spiro atoms. The van der Waals surface area contributed by atoms with Crippen molar-refractivity contribution in [3.05, 3.63) is 66.2 Å². The Morgan fingerprint density at radius 3 is 2.41 bits per heavy atom. The molecule has 0 aliphatic heterocycles. The highest BCUT2D eigenvalue weighted by atomic mass is 35.5. The fraction of sp³-hybridized carbons (Fsp3) is 0. The zero-order valence-corrected chi connectivity index (χ0v) is 12.3. The van der Waals surface area contributed by atoms with Crippen molar-refractivity contribution >= 4 is 39.8 Å². The van der Waals surface area contributed by atoms with Crippen LogP contribution in [-0.4, -0.2) is 11.0 Å². The van der Waals surface area contributed by atoms with Gasteiger partial charge in [-0.2, -0.15) is 0 Å². The van der Waals surface area contributed by atoms with Crippen molar-refractivity contribution in [2.45, 2.75) is 0 Å².